The van der Waals surface area contributed by atoms with Crippen LogP contribution in [0.4, 0.5) is 5.82 Å². The molecule has 1 aliphatic rings. The van der Waals surface area contributed by atoms with Gasteiger partial charge in [-0.15, -0.1) is 0 Å². The molecule has 1 atom stereocenters. The van der Waals surface area contributed by atoms with E-state index in [4.69, 9.17) is 5.26 Å². The van der Waals surface area contributed by atoms with E-state index >= 15 is 0 Å². The first-order valence-corrected chi connectivity index (χ1v) is 7.74. The number of H-pyrrole nitrogens is 1. The van der Waals surface area contributed by atoms with Crippen LogP contribution in [0.1, 0.15) is 24.1 Å². The number of amides is 2. The number of benzene rings is 1. The van der Waals surface area contributed by atoms with Crippen molar-refractivity contribution < 1.29 is 9.59 Å². The van der Waals surface area contributed by atoms with Crippen molar-refractivity contribution in [2.45, 2.75) is 19.4 Å². The Morgan fingerprint density at radius 1 is 1.42 bits per heavy atom. The van der Waals surface area contributed by atoms with E-state index in [0.29, 0.717) is 31.7 Å². The summed E-state index contributed by atoms with van der Waals surface area (Å²) >= 11 is 0. The van der Waals surface area contributed by atoms with E-state index in [1.165, 1.54) is 6.07 Å². The van der Waals surface area contributed by atoms with Gasteiger partial charge in [0.05, 0.1) is 5.92 Å². The molecule has 7 heteroatoms. The van der Waals surface area contributed by atoms with Gasteiger partial charge in [-0.2, -0.15) is 10.4 Å². The van der Waals surface area contributed by atoms with Crippen LogP contribution in [0, 0.1) is 17.2 Å². The molecule has 0 saturated carbocycles. The van der Waals surface area contributed by atoms with Crippen LogP contribution >= 0.6 is 0 Å². The summed E-state index contributed by atoms with van der Waals surface area (Å²) in [5.41, 5.74) is 1.33. The van der Waals surface area contributed by atoms with Crippen molar-refractivity contribution in [3.05, 3.63) is 47.7 Å². The van der Waals surface area contributed by atoms with Crippen LogP contribution in [-0.2, 0) is 16.1 Å². The molecule has 2 N–H and O–H groups in total. The van der Waals surface area contributed by atoms with Gasteiger partial charge < -0.3 is 10.2 Å². The van der Waals surface area contributed by atoms with Gasteiger partial charge in [0.25, 0.3) is 0 Å². The SMILES string of the molecule is N#Cc1cc(NC(=O)C2CCC(=O)N(Cc3ccccc3)C2)n[nH]1. The summed E-state index contributed by atoms with van der Waals surface area (Å²) in [6.07, 6.45) is 0.875. The quantitative estimate of drug-likeness (QED) is 0.893. The number of rotatable bonds is 4. The molecule has 1 aliphatic heterocycles. The Hall–Kier alpha value is -3.14. The van der Waals surface area contributed by atoms with Crippen molar-refractivity contribution in [3.63, 3.8) is 0 Å². The molecule has 0 aliphatic carbocycles. The second kappa shape index (κ2) is 6.96. The van der Waals surface area contributed by atoms with Crippen molar-refractivity contribution >= 4 is 17.6 Å². The summed E-state index contributed by atoms with van der Waals surface area (Å²) in [6.45, 7) is 0.888. The van der Waals surface area contributed by atoms with Crippen molar-refractivity contribution in [3.8, 4) is 6.07 Å². The summed E-state index contributed by atoms with van der Waals surface area (Å²) < 4.78 is 0. The lowest BCUT2D eigenvalue weighted by molar-refractivity contribution is -0.137. The Labute approximate surface area is 139 Å². The summed E-state index contributed by atoms with van der Waals surface area (Å²) in [5.74, 6) is -0.0808. The number of piperidine rings is 1. The third-order valence-corrected chi connectivity index (χ3v) is 4.04. The lowest BCUT2D eigenvalue weighted by Gasteiger charge is -2.31. The molecule has 0 spiro atoms. The minimum atomic E-state index is -0.284. The molecule has 24 heavy (non-hydrogen) atoms. The van der Waals surface area contributed by atoms with Crippen molar-refractivity contribution in [1.29, 1.82) is 5.26 Å². The van der Waals surface area contributed by atoms with E-state index in [-0.39, 0.29) is 23.4 Å². The molecule has 1 saturated heterocycles. The predicted molar refractivity (Wildman–Crippen MR) is 86.5 cm³/mol. The smallest absolute Gasteiger partial charge is 0.230 e. The maximum Gasteiger partial charge on any atom is 0.230 e. The van der Waals surface area contributed by atoms with Crippen molar-refractivity contribution in [1.82, 2.24) is 15.1 Å². The Morgan fingerprint density at radius 2 is 2.21 bits per heavy atom. The Bertz CT molecular complexity index is 778. The van der Waals surface area contributed by atoms with Crippen molar-refractivity contribution in [2.24, 2.45) is 5.92 Å². The molecule has 2 amide bonds. The number of hydrogen-bond donors (Lipinski definition) is 2. The van der Waals surface area contributed by atoms with Gasteiger partial charge >= 0.3 is 0 Å². The van der Waals surface area contributed by atoms with Gasteiger partial charge in [0.15, 0.2) is 5.82 Å². The third kappa shape index (κ3) is 3.60. The van der Waals surface area contributed by atoms with Gasteiger partial charge in [0, 0.05) is 25.6 Å². The molecule has 3 rings (SSSR count). The normalized spacial score (nSPS) is 17.4. The zero-order valence-electron chi connectivity index (χ0n) is 13.0. The lowest BCUT2D eigenvalue weighted by atomic mass is 9.96. The molecular weight excluding hydrogens is 306 g/mol. The average molecular weight is 323 g/mol. The topological polar surface area (TPSA) is 102 Å². The number of nitrogens with zero attached hydrogens (tertiary/aromatic N) is 3. The zero-order valence-corrected chi connectivity index (χ0v) is 13.0. The number of anilines is 1. The fourth-order valence-corrected chi connectivity index (χ4v) is 2.76. The standard InChI is InChI=1S/C17H17N5O2/c18-9-14-8-15(21-20-14)19-17(24)13-6-7-16(23)22(11-13)10-12-4-2-1-3-5-12/h1-5,8,13H,6-7,10-11H2,(H2,19,20,21,24). The van der Waals surface area contributed by atoms with E-state index in [1.807, 2.05) is 36.4 Å². The highest BCUT2D eigenvalue weighted by atomic mass is 16.2. The number of hydrogen-bond acceptors (Lipinski definition) is 4. The maximum absolute atomic E-state index is 12.4. The summed E-state index contributed by atoms with van der Waals surface area (Å²) in [7, 11) is 0. The number of nitriles is 1. The second-order valence-corrected chi connectivity index (χ2v) is 5.76. The number of aromatic amines is 1. The molecule has 1 aromatic heterocycles. The number of aromatic nitrogens is 2. The van der Waals surface area contributed by atoms with Crippen LogP contribution in [0.5, 0.6) is 0 Å². The molecule has 0 bridgehead atoms. The van der Waals surface area contributed by atoms with Gasteiger partial charge in [-0.25, -0.2) is 0 Å². The highest BCUT2D eigenvalue weighted by Crippen LogP contribution is 2.21. The van der Waals surface area contributed by atoms with Crippen LogP contribution in [0.2, 0.25) is 0 Å². The number of nitrogens with one attached hydrogen (secondary N) is 2. The van der Waals surface area contributed by atoms with E-state index in [0.717, 1.165) is 5.56 Å². The first-order valence-electron chi connectivity index (χ1n) is 7.74. The van der Waals surface area contributed by atoms with E-state index in [1.54, 1.807) is 4.90 Å². The fourth-order valence-electron chi connectivity index (χ4n) is 2.76. The largest absolute Gasteiger partial charge is 0.338 e. The number of carbonyl (C=O) groups is 2. The zero-order chi connectivity index (χ0) is 16.9. The van der Waals surface area contributed by atoms with Crippen LogP contribution in [0.25, 0.3) is 0 Å². The van der Waals surface area contributed by atoms with Crippen molar-refractivity contribution in [2.75, 3.05) is 11.9 Å². The molecule has 1 unspecified atom stereocenters. The molecule has 7 nitrogen and oxygen atoms in total. The first kappa shape index (κ1) is 15.7. The van der Waals surface area contributed by atoms with Gasteiger partial charge in [-0.1, -0.05) is 30.3 Å². The minimum Gasteiger partial charge on any atom is -0.338 e. The van der Waals surface area contributed by atoms with E-state index in [9.17, 15) is 9.59 Å². The Kier molecular flexibility index (Phi) is 4.57. The van der Waals surface area contributed by atoms with E-state index in [2.05, 4.69) is 15.5 Å². The molecule has 1 aromatic carbocycles. The van der Waals surface area contributed by atoms with Gasteiger partial charge in [-0.3, -0.25) is 14.7 Å². The third-order valence-electron chi connectivity index (χ3n) is 4.04. The second-order valence-electron chi connectivity index (χ2n) is 5.76. The molecule has 2 heterocycles. The maximum atomic E-state index is 12.4. The van der Waals surface area contributed by atoms with Crippen LogP contribution in [0.15, 0.2) is 36.4 Å². The van der Waals surface area contributed by atoms with Crippen LogP contribution < -0.4 is 5.32 Å². The summed E-state index contributed by atoms with van der Waals surface area (Å²) in [6, 6.07) is 13.1. The van der Waals surface area contributed by atoms with Crippen LogP contribution in [-0.4, -0.2) is 33.5 Å². The average Bonchev–Trinajstić information content (AvgIpc) is 3.05. The first-order chi connectivity index (χ1) is 11.7. The lowest BCUT2D eigenvalue weighted by Crippen LogP contribution is -2.43. The van der Waals surface area contributed by atoms with Gasteiger partial charge in [0.2, 0.25) is 11.8 Å². The summed E-state index contributed by atoms with van der Waals surface area (Å²) in [4.78, 5) is 26.2. The molecule has 2 aromatic rings. The monoisotopic (exact) mass is 323 g/mol. The number of likely N-dealkylation sites (tertiary alicyclic amines) is 1. The molecular formula is C17H17N5O2. The fraction of sp³-hybridized carbons (Fsp3) is 0.294. The highest BCUT2D eigenvalue weighted by Gasteiger charge is 2.30. The molecule has 0 radical (unpaired) electrons. The minimum absolute atomic E-state index is 0.0643. The summed E-state index contributed by atoms with van der Waals surface area (Å²) in [5, 5.41) is 17.8. The Morgan fingerprint density at radius 3 is 2.92 bits per heavy atom. The van der Waals surface area contributed by atoms with Gasteiger partial charge in [0.1, 0.15) is 11.8 Å². The Balaban J connectivity index is 1.63. The molecule has 122 valence electrons. The predicted octanol–water partition coefficient (Wildman–Crippen LogP) is 1.66. The number of carbonyl (C=O) groups excluding carboxylic acids is 2. The molecule has 1 fully saturated rings. The van der Waals surface area contributed by atoms with Gasteiger partial charge in [-0.05, 0) is 12.0 Å². The van der Waals surface area contributed by atoms with Crippen LogP contribution in [0.3, 0.4) is 0 Å². The van der Waals surface area contributed by atoms with E-state index < -0.39 is 0 Å². The highest BCUT2D eigenvalue weighted by molar-refractivity contribution is 5.93.